The van der Waals surface area contributed by atoms with Crippen LogP contribution in [0.5, 0.6) is 0 Å². The quantitative estimate of drug-likeness (QED) is 0.887. The van der Waals surface area contributed by atoms with Crippen molar-refractivity contribution in [1.29, 1.82) is 0 Å². The van der Waals surface area contributed by atoms with Crippen molar-refractivity contribution in [3.05, 3.63) is 29.3 Å². The number of hydrogen-bond donors (Lipinski definition) is 1. The van der Waals surface area contributed by atoms with Crippen LogP contribution in [0.1, 0.15) is 18.1 Å². The average molecular weight is 261 g/mol. The number of rotatable bonds is 2. The monoisotopic (exact) mass is 261 g/mol. The zero-order valence-corrected chi connectivity index (χ0v) is 12.1. The summed E-state index contributed by atoms with van der Waals surface area (Å²) in [6, 6.07) is 6.04. The number of aryl methyl sites for hydroxylation is 2. The summed E-state index contributed by atoms with van der Waals surface area (Å²) in [5, 5.41) is 2.98. The third kappa shape index (κ3) is 3.47. The standard InChI is InChI=1S/C15H23N3O/c1-4-17-7-9-18(10-8-17)15(19)16-14-6-5-12(2)13(3)11-14/h5-6,11H,4,7-10H2,1-3H3,(H,16,19). The number of benzene rings is 1. The Hall–Kier alpha value is -1.55. The average Bonchev–Trinajstić information content (AvgIpc) is 2.43. The topological polar surface area (TPSA) is 35.6 Å². The number of amides is 2. The van der Waals surface area contributed by atoms with Crippen molar-refractivity contribution in [3.63, 3.8) is 0 Å². The van der Waals surface area contributed by atoms with Gasteiger partial charge in [0.2, 0.25) is 0 Å². The van der Waals surface area contributed by atoms with Crippen LogP contribution in [0.25, 0.3) is 0 Å². The summed E-state index contributed by atoms with van der Waals surface area (Å²) in [6.45, 7) is 10.9. The molecule has 1 N–H and O–H groups in total. The molecule has 0 saturated carbocycles. The van der Waals surface area contributed by atoms with E-state index in [2.05, 4.69) is 31.0 Å². The van der Waals surface area contributed by atoms with Crippen LogP contribution in [-0.4, -0.2) is 48.6 Å². The lowest BCUT2D eigenvalue weighted by molar-refractivity contribution is 0.151. The van der Waals surface area contributed by atoms with Crippen LogP contribution < -0.4 is 5.32 Å². The molecule has 0 unspecified atom stereocenters. The number of carbonyl (C=O) groups is 1. The lowest BCUT2D eigenvalue weighted by atomic mass is 10.1. The van der Waals surface area contributed by atoms with Gasteiger partial charge in [-0.05, 0) is 43.7 Å². The molecule has 2 rings (SSSR count). The third-order valence-electron chi connectivity index (χ3n) is 3.86. The van der Waals surface area contributed by atoms with Gasteiger partial charge in [-0.2, -0.15) is 0 Å². The fourth-order valence-electron chi connectivity index (χ4n) is 2.29. The minimum Gasteiger partial charge on any atom is -0.322 e. The Morgan fingerprint density at radius 2 is 1.84 bits per heavy atom. The van der Waals surface area contributed by atoms with Gasteiger partial charge in [-0.25, -0.2) is 4.79 Å². The highest BCUT2D eigenvalue weighted by molar-refractivity contribution is 5.89. The molecule has 0 bridgehead atoms. The van der Waals surface area contributed by atoms with Gasteiger partial charge in [0.15, 0.2) is 0 Å². The maximum absolute atomic E-state index is 12.2. The van der Waals surface area contributed by atoms with E-state index >= 15 is 0 Å². The van der Waals surface area contributed by atoms with Gasteiger partial charge in [-0.1, -0.05) is 13.0 Å². The van der Waals surface area contributed by atoms with Crippen LogP contribution in [0, 0.1) is 13.8 Å². The zero-order chi connectivity index (χ0) is 13.8. The van der Waals surface area contributed by atoms with E-state index in [-0.39, 0.29) is 6.03 Å². The van der Waals surface area contributed by atoms with E-state index in [0.29, 0.717) is 0 Å². The highest BCUT2D eigenvalue weighted by Crippen LogP contribution is 2.15. The minimum absolute atomic E-state index is 0.0130. The predicted molar refractivity (Wildman–Crippen MR) is 78.6 cm³/mol. The molecule has 0 aliphatic carbocycles. The molecular weight excluding hydrogens is 238 g/mol. The largest absolute Gasteiger partial charge is 0.322 e. The van der Waals surface area contributed by atoms with Gasteiger partial charge in [0.1, 0.15) is 0 Å². The maximum atomic E-state index is 12.2. The van der Waals surface area contributed by atoms with Gasteiger partial charge in [0.25, 0.3) is 0 Å². The number of likely N-dealkylation sites (N-methyl/N-ethyl adjacent to an activating group) is 1. The van der Waals surface area contributed by atoms with E-state index in [4.69, 9.17) is 0 Å². The molecule has 1 aliphatic rings. The fraction of sp³-hybridized carbons (Fsp3) is 0.533. The van der Waals surface area contributed by atoms with Crippen LogP contribution in [0.4, 0.5) is 10.5 Å². The van der Waals surface area contributed by atoms with Crippen molar-refractivity contribution < 1.29 is 4.79 Å². The first-order valence-corrected chi connectivity index (χ1v) is 6.95. The fourth-order valence-corrected chi connectivity index (χ4v) is 2.29. The molecule has 1 fully saturated rings. The van der Waals surface area contributed by atoms with Gasteiger partial charge in [0.05, 0.1) is 0 Å². The minimum atomic E-state index is 0.0130. The summed E-state index contributed by atoms with van der Waals surface area (Å²) in [5.74, 6) is 0. The first kappa shape index (κ1) is 13.9. The predicted octanol–water partition coefficient (Wildman–Crippen LogP) is 2.47. The van der Waals surface area contributed by atoms with Crippen molar-refractivity contribution in [2.75, 3.05) is 38.0 Å². The van der Waals surface area contributed by atoms with Crippen LogP contribution in [0.2, 0.25) is 0 Å². The van der Waals surface area contributed by atoms with E-state index < -0.39 is 0 Å². The number of piperazine rings is 1. The summed E-state index contributed by atoms with van der Waals surface area (Å²) >= 11 is 0. The number of anilines is 1. The Bertz CT molecular complexity index is 451. The number of hydrogen-bond acceptors (Lipinski definition) is 2. The number of carbonyl (C=O) groups excluding carboxylic acids is 1. The Labute approximate surface area is 115 Å². The summed E-state index contributed by atoms with van der Waals surface area (Å²) < 4.78 is 0. The van der Waals surface area contributed by atoms with Crippen molar-refractivity contribution in [2.45, 2.75) is 20.8 Å². The van der Waals surface area contributed by atoms with Gasteiger partial charge in [-0.15, -0.1) is 0 Å². The number of nitrogens with one attached hydrogen (secondary N) is 1. The van der Waals surface area contributed by atoms with Gasteiger partial charge in [-0.3, -0.25) is 0 Å². The van der Waals surface area contributed by atoms with E-state index in [9.17, 15) is 4.79 Å². The molecule has 4 nitrogen and oxygen atoms in total. The smallest absolute Gasteiger partial charge is 0.321 e. The lowest BCUT2D eigenvalue weighted by Crippen LogP contribution is -2.49. The molecule has 1 aliphatic heterocycles. The SMILES string of the molecule is CCN1CCN(C(=O)Nc2ccc(C)c(C)c2)CC1. The molecule has 1 aromatic rings. The summed E-state index contributed by atoms with van der Waals surface area (Å²) in [6.07, 6.45) is 0. The molecule has 0 atom stereocenters. The second-order valence-electron chi connectivity index (χ2n) is 5.15. The first-order chi connectivity index (χ1) is 9.10. The van der Waals surface area contributed by atoms with E-state index in [1.54, 1.807) is 0 Å². The highest BCUT2D eigenvalue weighted by Gasteiger charge is 2.19. The molecule has 1 saturated heterocycles. The van der Waals surface area contributed by atoms with Gasteiger partial charge >= 0.3 is 6.03 Å². The van der Waals surface area contributed by atoms with E-state index in [1.807, 2.05) is 23.1 Å². The van der Waals surface area contributed by atoms with Crippen LogP contribution in [0.15, 0.2) is 18.2 Å². The van der Waals surface area contributed by atoms with Crippen LogP contribution >= 0.6 is 0 Å². The van der Waals surface area contributed by atoms with Crippen molar-refractivity contribution >= 4 is 11.7 Å². The van der Waals surface area contributed by atoms with Gasteiger partial charge in [0, 0.05) is 31.9 Å². The molecule has 4 heteroatoms. The second-order valence-corrected chi connectivity index (χ2v) is 5.15. The Morgan fingerprint density at radius 3 is 2.42 bits per heavy atom. The maximum Gasteiger partial charge on any atom is 0.321 e. The van der Waals surface area contributed by atoms with Crippen molar-refractivity contribution in [3.8, 4) is 0 Å². The molecule has 2 amide bonds. The third-order valence-corrected chi connectivity index (χ3v) is 3.86. The van der Waals surface area contributed by atoms with Crippen LogP contribution in [-0.2, 0) is 0 Å². The molecule has 0 spiro atoms. The molecule has 1 heterocycles. The zero-order valence-electron chi connectivity index (χ0n) is 12.1. The Balaban J connectivity index is 1.92. The molecule has 0 aromatic heterocycles. The lowest BCUT2D eigenvalue weighted by Gasteiger charge is -2.34. The summed E-state index contributed by atoms with van der Waals surface area (Å²) in [4.78, 5) is 16.4. The first-order valence-electron chi connectivity index (χ1n) is 6.95. The summed E-state index contributed by atoms with van der Waals surface area (Å²) in [5.41, 5.74) is 3.33. The number of nitrogens with zero attached hydrogens (tertiary/aromatic N) is 2. The highest BCUT2D eigenvalue weighted by atomic mass is 16.2. The normalized spacial score (nSPS) is 16.5. The van der Waals surface area contributed by atoms with E-state index in [0.717, 1.165) is 38.4 Å². The van der Waals surface area contributed by atoms with Crippen molar-refractivity contribution in [2.24, 2.45) is 0 Å². The Morgan fingerprint density at radius 1 is 1.16 bits per heavy atom. The van der Waals surface area contributed by atoms with Crippen molar-refractivity contribution in [1.82, 2.24) is 9.80 Å². The molecule has 19 heavy (non-hydrogen) atoms. The summed E-state index contributed by atoms with van der Waals surface area (Å²) in [7, 11) is 0. The van der Waals surface area contributed by atoms with E-state index in [1.165, 1.54) is 11.1 Å². The Kier molecular flexibility index (Phi) is 4.43. The molecular formula is C15H23N3O. The molecule has 1 aromatic carbocycles. The molecule has 0 radical (unpaired) electrons. The molecule has 104 valence electrons. The second kappa shape index (κ2) is 6.06. The van der Waals surface area contributed by atoms with Gasteiger partial charge < -0.3 is 15.1 Å². The van der Waals surface area contributed by atoms with Crippen LogP contribution in [0.3, 0.4) is 0 Å². The number of urea groups is 1.